The average Bonchev–Trinajstić information content (AvgIpc) is 2.81. The molecule has 122 valence electrons. The summed E-state index contributed by atoms with van der Waals surface area (Å²) in [6.45, 7) is 4.04. The van der Waals surface area contributed by atoms with E-state index in [0.29, 0.717) is 33.0 Å². The lowest BCUT2D eigenvalue weighted by Gasteiger charge is -2.13. The van der Waals surface area contributed by atoms with Crippen LogP contribution < -0.4 is 14.2 Å². The summed E-state index contributed by atoms with van der Waals surface area (Å²) in [4.78, 5) is 14.4. The van der Waals surface area contributed by atoms with Crippen molar-refractivity contribution in [3.05, 3.63) is 35.3 Å². The molecule has 5 nitrogen and oxygen atoms in total. The van der Waals surface area contributed by atoms with Gasteiger partial charge in [-0.15, -0.1) is 6.58 Å². The molecule has 0 aliphatic carbocycles. The molecule has 1 fully saturated rings. The Kier molecular flexibility index (Phi) is 5.68. The van der Waals surface area contributed by atoms with E-state index in [4.69, 9.17) is 26.4 Å². The van der Waals surface area contributed by atoms with E-state index in [1.165, 1.54) is 16.7 Å². The molecule has 0 N–H and O–H groups in total. The fourth-order valence-corrected chi connectivity index (χ4v) is 3.40. The molecule has 1 amide bonds. The maximum Gasteiger partial charge on any atom is 0.266 e. The summed E-state index contributed by atoms with van der Waals surface area (Å²) in [5, 5.41) is 0. The first kappa shape index (κ1) is 17.4. The van der Waals surface area contributed by atoms with E-state index in [1.807, 2.05) is 0 Å². The number of thiocarbonyl (C=S) groups is 1. The lowest BCUT2D eigenvalue weighted by molar-refractivity contribution is -0.121. The largest absolute Gasteiger partial charge is 0.493 e. The van der Waals surface area contributed by atoms with E-state index in [9.17, 15) is 4.79 Å². The topological polar surface area (TPSA) is 48.0 Å². The fourth-order valence-electron chi connectivity index (χ4n) is 2.12. The number of hydrogen-bond acceptors (Lipinski definition) is 6. The van der Waals surface area contributed by atoms with Crippen molar-refractivity contribution in [2.75, 3.05) is 27.9 Å². The number of ether oxygens (including phenoxy) is 3. The molecule has 0 radical (unpaired) electrons. The molecular weight excluding hydrogens is 334 g/mol. The van der Waals surface area contributed by atoms with Crippen LogP contribution in [0.4, 0.5) is 0 Å². The smallest absolute Gasteiger partial charge is 0.266 e. The predicted octanol–water partition coefficient (Wildman–Crippen LogP) is 3.10. The maximum atomic E-state index is 12.4. The molecule has 0 unspecified atom stereocenters. The fraction of sp³-hybridized carbons (Fsp3) is 0.250. The molecule has 1 saturated heterocycles. The van der Waals surface area contributed by atoms with Crippen LogP contribution in [-0.2, 0) is 4.79 Å². The van der Waals surface area contributed by atoms with E-state index in [0.717, 1.165) is 5.56 Å². The van der Waals surface area contributed by atoms with Crippen LogP contribution in [0.25, 0.3) is 6.08 Å². The van der Waals surface area contributed by atoms with Gasteiger partial charge in [0.25, 0.3) is 5.91 Å². The Morgan fingerprint density at radius 2 is 1.83 bits per heavy atom. The van der Waals surface area contributed by atoms with Crippen molar-refractivity contribution in [1.82, 2.24) is 4.90 Å². The van der Waals surface area contributed by atoms with E-state index in [2.05, 4.69) is 6.58 Å². The number of hydrogen-bond donors (Lipinski definition) is 0. The molecule has 7 heteroatoms. The molecule has 0 spiro atoms. The summed E-state index contributed by atoms with van der Waals surface area (Å²) in [6.07, 6.45) is 3.40. The number of methoxy groups -OCH3 is 3. The average molecular weight is 351 g/mol. The Balaban J connectivity index is 2.41. The van der Waals surface area contributed by atoms with Crippen LogP contribution in [0.1, 0.15) is 5.56 Å². The second-order valence-electron chi connectivity index (χ2n) is 4.54. The highest BCUT2D eigenvalue weighted by atomic mass is 32.2. The van der Waals surface area contributed by atoms with Gasteiger partial charge >= 0.3 is 0 Å². The molecule has 1 aliphatic rings. The third-order valence-corrected chi connectivity index (χ3v) is 4.55. The molecule has 1 aromatic rings. The Morgan fingerprint density at radius 1 is 1.22 bits per heavy atom. The van der Waals surface area contributed by atoms with Gasteiger partial charge in [0.05, 0.1) is 26.2 Å². The van der Waals surface area contributed by atoms with Crippen molar-refractivity contribution < 1.29 is 19.0 Å². The minimum Gasteiger partial charge on any atom is -0.493 e. The van der Waals surface area contributed by atoms with Crippen LogP contribution in [0.5, 0.6) is 17.2 Å². The molecule has 0 saturated carbocycles. The maximum absolute atomic E-state index is 12.4. The van der Waals surface area contributed by atoms with Gasteiger partial charge in [-0.25, -0.2) is 0 Å². The summed E-state index contributed by atoms with van der Waals surface area (Å²) < 4.78 is 16.4. The number of carbonyl (C=O) groups excluding carboxylic acids is 1. The van der Waals surface area contributed by atoms with Crippen LogP contribution in [-0.4, -0.2) is 43.0 Å². The van der Waals surface area contributed by atoms with Gasteiger partial charge in [0.2, 0.25) is 5.75 Å². The van der Waals surface area contributed by atoms with Gasteiger partial charge in [0.1, 0.15) is 4.32 Å². The van der Waals surface area contributed by atoms with Gasteiger partial charge in [-0.3, -0.25) is 9.69 Å². The van der Waals surface area contributed by atoms with Crippen LogP contribution in [0.3, 0.4) is 0 Å². The lowest BCUT2D eigenvalue weighted by Crippen LogP contribution is -2.27. The minimum absolute atomic E-state index is 0.131. The Labute approximate surface area is 144 Å². The molecule has 0 bridgehead atoms. The Bertz CT molecular complexity index is 660. The molecule has 1 aromatic carbocycles. The van der Waals surface area contributed by atoms with Gasteiger partial charge < -0.3 is 14.2 Å². The summed E-state index contributed by atoms with van der Waals surface area (Å²) in [5.74, 6) is 1.43. The molecule has 23 heavy (non-hydrogen) atoms. The number of benzene rings is 1. The quantitative estimate of drug-likeness (QED) is 0.446. The summed E-state index contributed by atoms with van der Waals surface area (Å²) in [7, 11) is 4.63. The van der Waals surface area contributed by atoms with E-state index in [1.54, 1.807) is 45.6 Å². The predicted molar refractivity (Wildman–Crippen MR) is 96.2 cm³/mol. The van der Waals surface area contributed by atoms with Crippen LogP contribution in [0, 0.1) is 0 Å². The van der Waals surface area contributed by atoms with Crippen LogP contribution in [0.15, 0.2) is 29.7 Å². The van der Waals surface area contributed by atoms with Gasteiger partial charge in [-0.1, -0.05) is 30.1 Å². The number of carbonyl (C=O) groups is 1. The van der Waals surface area contributed by atoms with Crippen molar-refractivity contribution >= 4 is 40.3 Å². The molecule has 2 rings (SSSR count). The summed E-state index contributed by atoms with van der Waals surface area (Å²) in [5.41, 5.74) is 0.763. The van der Waals surface area contributed by atoms with Gasteiger partial charge in [-0.2, -0.15) is 0 Å². The van der Waals surface area contributed by atoms with Gasteiger partial charge in [0, 0.05) is 6.54 Å². The zero-order valence-corrected chi connectivity index (χ0v) is 14.8. The molecule has 0 atom stereocenters. The summed E-state index contributed by atoms with van der Waals surface area (Å²) in [6, 6.07) is 3.56. The molecule has 1 aliphatic heterocycles. The van der Waals surface area contributed by atoms with Crippen molar-refractivity contribution in [2.45, 2.75) is 0 Å². The number of thioether (sulfide) groups is 1. The zero-order chi connectivity index (χ0) is 17.0. The number of amides is 1. The molecule has 1 heterocycles. The lowest BCUT2D eigenvalue weighted by atomic mass is 10.1. The first-order chi connectivity index (χ1) is 11.0. The standard InChI is InChI=1S/C16H17NO4S2/c1-5-6-17-15(18)13(23-16(17)22)9-10-7-11(19-2)14(21-4)12(8-10)20-3/h5,7-9H,1,6H2,2-4H3/b13-9+. The first-order valence-electron chi connectivity index (χ1n) is 6.72. The monoisotopic (exact) mass is 351 g/mol. The van der Waals surface area contributed by atoms with Crippen molar-refractivity contribution in [3.63, 3.8) is 0 Å². The zero-order valence-electron chi connectivity index (χ0n) is 13.1. The molecular formula is C16H17NO4S2. The number of rotatable bonds is 6. The van der Waals surface area contributed by atoms with Crippen molar-refractivity contribution in [2.24, 2.45) is 0 Å². The second-order valence-corrected chi connectivity index (χ2v) is 6.22. The highest BCUT2D eigenvalue weighted by Crippen LogP contribution is 2.40. The Morgan fingerprint density at radius 3 is 2.30 bits per heavy atom. The van der Waals surface area contributed by atoms with E-state index >= 15 is 0 Å². The normalized spacial score (nSPS) is 16.0. The van der Waals surface area contributed by atoms with E-state index in [-0.39, 0.29) is 5.91 Å². The highest BCUT2D eigenvalue weighted by molar-refractivity contribution is 8.26. The second kappa shape index (κ2) is 7.52. The van der Waals surface area contributed by atoms with E-state index < -0.39 is 0 Å². The van der Waals surface area contributed by atoms with Gasteiger partial charge in [-0.05, 0) is 23.8 Å². The van der Waals surface area contributed by atoms with Crippen LogP contribution >= 0.6 is 24.0 Å². The van der Waals surface area contributed by atoms with Crippen LogP contribution in [0.2, 0.25) is 0 Å². The van der Waals surface area contributed by atoms with Crippen molar-refractivity contribution in [3.8, 4) is 17.2 Å². The minimum atomic E-state index is -0.131. The molecule has 0 aromatic heterocycles. The van der Waals surface area contributed by atoms with Gasteiger partial charge in [0.15, 0.2) is 11.5 Å². The third kappa shape index (κ3) is 3.51. The first-order valence-corrected chi connectivity index (χ1v) is 7.94. The Hall–Kier alpha value is -1.99. The highest BCUT2D eigenvalue weighted by Gasteiger charge is 2.31. The summed E-state index contributed by atoms with van der Waals surface area (Å²) >= 11 is 6.48. The number of nitrogens with zero attached hydrogens (tertiary/aromatic N) is 1. The SMILES string of the molecule is C=CCN1C(=O)/C(=C\c2cc(OC)c(OC)c(OC)c2)SC1=S. The third-order valence-electron chi connectivity index (χ3n) is 3.17. The van der Waals surface area contributed by atoms with Crippen molar-refractivity contribution in [1.29, 1.82) is 0 Å².